The minimum Gasteiger partial charge on any atom is -0.493 e. The van der Waals surface area contributed by atoms with Crippen LogP contribution in [0.4, 0.5) is 0 Å². The maximum Gasteiger partial charge on any atom is 0.122 e. The molecule has 19 heavy (non-hydrogen) atoms. The largest absolute Gasteiger partial charge is 0.493 e. The lowest BCUT2D eigenvalue weighted by Crippen LogP contribution is -2.21. The Hall–Kier alpha value is -0.730. The lowest BCUT2D eigenvalue weighted by atomic mass is 10.00. The highest BCUT2D eigenvalue weighted by molar-refractivity contribution is 5.85. The summed E-state index contributed by atoms with van der Waals surface area (Å²) in [7, 11) is 0. The second-order valence-corrected chi connectivity index (χ2v) is 4.91. The minimum absolute atomic E-state index is 0. The fourth-order valence-corrected chi connectivity index (χ4v) is 2.02. The number of aryl methyl sites for hydroxylation is 1. The Bertz CT molecular complexity index is 355. The molecule has 0 bridgehead atoms. The zero-order valence-corrected chi connectivity index (χ0v) is 13.3. The normalized spacial score (nSPS) is 11.8. The molecule has 110 valence electrons. The topological polar surface area (TPSA) is 35.2 Å². The number of benzene rings is 1. The fourth-order valence-electron chi connectivity index (χ4n) is 2.02. The average molecular weight is 286 g/mol. The van der Waals surface area contributed by atoms with E-state index in [9.17, 15) is 0 Å². The van der Waals surface area contributed by atoms with Crippen LogP contribution in [0.3, 0.4) is 0 Å². The van der Waals surface area contributed by atoms with Crippen molar-refractivity contribution >= 4 is 12.4 Å². The van der Waals surface area contributed by atoms with Crippen molar-refractivity contribution in [2.45, 2.75) is 58.9 Å². The summed E-state index contributed by atoms with van der Waals surface area (Å²) < 4.78 is 5.79. The molecule has 0 aliphatic heterocycles. The van der Waals surface area contributed by atoms with Crippen LogP contribution in [0.1, 0.15) is 51.2 Å². The molecule has 0 amide bonds. The van der Waals surface area contributed by atoms with E-state index in [1.807, 2.05) is 0 Å². The number of ether oxygens (including phenoxy) is 1. The summed E-state index contributed by atoms with van der Waals surface area (Å²) in [6.45, 7) is 7.27. The van der Waals surface area contributed by atoms with Gasteiger partial charge in [-0.25, -0.2) is 0 Å². The van der Waals surface area contributed by atoms with E-state index in [0.717, 1.165) is 44.5 Å². The van der Waals surface area contributed by atoms with Gasteiger partial charge in [-0.05, 0) is 42.9 Å². The second-order valence-electron chi connectivity index (χ2n) is 4.91. The quantitative estimate of drug-likeness (QED) is 0.779. The first-order chi connectivity index (χ1) is 8.71. The van der Waals surface area contributed by atoms with Gasteiger partial charge in [-0.15, -0.1) is 12.4 Å². The van der Waals surface area contributed by atoms with Gasteiger partial charge in [0.1, 0.15) is 5.75 Å². The maximum absolute atomic E-state index is 6.02. The van der Waals surface area contributed by atoms with E-state index in [-0.39, 0.29) is 18.4 Å². The third kappa shape index (κ3) is 6.31. The molecule has 2 N–H and O–H groups in total. The molecule has 0 aliphatic carbocycles. The molecule has 1 aromatic carbocycles. The molecule has 0 spiro atoms. The van der Waals surface area contributed by atoms with Gasteiger partial charge in [-0.2, -0.15) is 0 Å². The summed E-state index contributed by atoms with van der Waals surface area (Å²) in [5.41, 5.74) is 8.67. The second kappa shape index (κ2) is 10.1. The van der Waals surface area contributed by atoms with Crippen LogP contribution in [0.15, 0.2) is 18.2 Å². The van der Waals surface area contributed by atoms with Crippen molar-refractivity contribution in [1.82, 2.24) is 0 Å². The molecular formula is C16H28ClNO. The number of hydrogen-bond acceptors (Lipinski definition) is 2. The summed E-state index contributed by atoms with van der Waals surface area (Å²) in [4.78, 5) is 0. The number of halogens is 1. The van der Waals surface area contributed by atoms with Gasteiger partial charge < -0.3 is 10.5 Å². The van der Waals surface area contributed by atoms with Crippen molar-refractivity contribution in [2.24, 2.45) is 5.73 Å². The van der Waals surface area contributed by atoms with Crippen LogP contribution in [0.25, 0.3) is 0 Å². The first-order valence-corrected chi connectivity index (χ1v) is 7.21. The van der Waals surface area contributed by atoms with E-state index < -0.39 is 0 Å². The van der Waals surface area contributed by atoms with Crippen LogP contribution in [0, 0.1) is 0 Å². The van der Waals surface area contributed by atoms with Crippen LogP contribution >= 0.6 is 12.4 Å². The Balaban J connectivity index is 0.00000324. The summed E-state index contributed by atoms with van der Waals surface area (Å²) in [5.74, 6) is 1.05. The van der Waals surface area contributed by atoms with Gasteiger partial charge in [-0.1, -0.05) is 39.3 Å². The van der Waals surface area contributed by atoms with Crippen LogP contribution < -0.4 is 10.5 Å². The standard InChI is InChI=1S/C16H27NO.ClH/c1-4-7-14-11-13(12-15(17)6-3)8-9-16(14)18-10-5-2;/h8-9,11,15H,4-7,10,12,17H2,1-3H3;1H. The Morgan fingerprint density at radius 3 is 2.47 bits per heavy atom. The summed E-state index contributed by atoms with van der Waals surface area (Å²) in [5, 5.41) is 0. The van der Waals surface area contributed by atoms with E-state index in [0.29, 0.717) is 0 Å². The molecule has 0 aliphatic rings. The van der Waals surface area contributed by atoms with Crippen LogP contribution in [0.2, 0.25) is 0 Å². The van der Waals surface area contributed by atoms with Crippen molar-refractivity contribution in [2.75, 3.05) is 6.61 Å². The zero-order valence-electron chi connectivity index (χ0n) is 12.4. The summed E-state index contributed by atoms with van der Waals surface area (Å²) in [6.07, 6.45) is 5.26. The number of nitrogens with two attached hydrogens (primary N) is 1. The van der Waals surface area contributed by atoms with Gasteiger partial charge >= 0.3 is 0 Å². The molecule has 1 unspecified atom stereocenters. The molecule has 0 saturated heterocycles. The maximum atomic E-state index is 6.02. The number of rotatable bonds is 8. The average Bonchev–Trinajstić information content (AvgIpc) is 2.38. The predicted molar refractivity (Wildman–Crippen MR) is 85.4 cm³/mol. The number of hydrogen-bond donors (Lipinski definition) is 1. The monoisotopic (exact) mass is 285 g/mol. The van der Waals surface area contributed by atoms with Crippen molar-refractivity contribution in [3.63, 3.8) is 0 Å². The van der Waals surface area contributed by atoms with Gasteiger partial charge in [-0.3, -0.25) is 0 Å². The molecule has 1 atom stereocenters. The Kier molecular flexibility index (Phi) is 9.72. The molecule has 3 heteroatoms. The van der Waals surface area contributed by atoms with Crippen LogP contribution in [0.5, 0.6) is 5.75 Å². The highest BCUT2D eigenvalue weighted by Crippen LogP contribution is 2.23. The van der Waals surface area contributed by atoms with Crippen LogP contribution in [-0.4, -0.2) is 12.6 Å². The van der Waals surface area contributed by atoms with Gasteiger partial charge in [0.2, 0.25) is 0 Å². The lowest BCUT2D eigenvalue weighted by Gasteiger charge is -2.14. The molecule has 0 saturated carbocycles. The Morgan fingerprint density at radius 2 is 1.89 bits per heavy atom. The van der Waals surface area contributed by atoms with E-state index in [1.165, 1.54) is 11.1 Å². The zero-order chi connectivity index (χ0) is 13.4. The van der Waals surface area contributed by atoms with Gasteiger partial charge in [0.15, 0.2) is 0 Å². The molecule has 1 aromatic rings. The molecule has 2 nitrogen and oxygen atoms in total. The van der Waals surface area contributed by atoms with Crippen LogP contribution in [-0.2, 0) is 12.8 Å². The molecule has 0 heterocycles. The molecule has 0 aromatic heterocycles. The Labute approximate surface area is 124 Å². The highest BCUT2D eigenvalue weighted by atomic mass is 35.5. The summed E-state index contributed by atoms with van der Waals surface area (Å²) >= 11 is 0. The third-order valence-corrected chi connectivity index (χ3v) is 3.13. The SMILES string of the molecule is CCCOc1ccc(CC(N)CC)cc1CCC.Cl. The molecule has 0 fully saturated rings. The molecule has 0 radical (unpaired) electrons. The molecular weight excluding hydrogens is 258 g/mol. The van der Waals surface area contributed by atoms with Gasteiger partial charge in [0, 0.05) is 6.04 Å². The van der Waals surface area contributed by atoms with Crippen molar-refractivity contribution in [1.29, 1.82) is 0 Å². The van der Waals surface area contributed by atoms with E-state index in [2.05, 4.69) is 39.0 Å². The first-order valence-electron chi connectivity index (χ1n) is 7.21. The lowest BCUT2D eigenvalue weighted by molar-refractivity contribution is 0.314. The predicted octanol–water partition coefficient (Wildman–Crippen LogP) is 4.13. The van der Waals surface area contributed by atoms with E-state index in [4.69, 9.17) is 10.5 Å². The minimum atomic E-state index is 0. The van der Waals surface area contributed by atoms with Gasteiger partial charge in [0.25, 0.3) is 0 Å². The van der Waals surface area contributed by atoms with E-state index in [1.54, 1.807) is 0 Å². The smallest absolute Gasteiger partial charge is 0.122 e. The fraction of sp³-hybridized carbons (Fsp3) is 0.625. The van der Waals surface area contributed by atoms with E-state index >= 15 is 0 Å². The van der Waals surface area contributed by atoms with Crippen molar-refractivity contribution < 1.29 is 4.74 Å². The third-order valence-electron chi connectivity index (χ3n) is 3.13. The van der Waals surface area contributed by atoms with Crippen molar-refractivity contribution in [3.8, 4) is 5.75 Å². The van der Waals surface area contributed by atoms with Gasteiger partial charge in [0.05, 0.1) is 6.61 Å². The molecule has 1 rings (SSSR count). The Morgan fingerprint density at radius 1 is 1.16 bits per heavy atom. The highest BCUT2D eigenvalue weighted by Gasteiger charge is 2.07. The first kappa shape index (κ1) is 18.3. The van der Waals surface area contributed by atoms with Crippen molar-refractivity contribution in [3.05, 3.63) is 29.3 Å². The summed E-state index contributed by atoms with van der Waals surface area (Å²) in [6, 6.07) is 6.80.